The quantitative estimate of drug-likeness (QED) is 0.695. The van der Waals surface area contributed by atoms with Crippen molar-refractivity contribution in [3.8, 4) is 0 Å². The molecule has 1 heterocycles. The fourth-order valence-electron chi connectivity index (χ4n) is 3.00. The molecule has 1 aromatic heterocycles. The Balaban J connectivity index is 1.81. The highest BCUT2D eigenvalue weighted by atomic mass is 32.2. The van der Waals surface area contributed by atoms with Crippen LogP contribution in [0.2, 0.25) is 0 Å². The molecule has 0 aliphatic rings. The molecule has 0 atom stereocenters. The Hall–Kier alpha value is -2.20. The smallest absolute Gasteiger partial charge is 0.270 e. The first-order chi connectivity index (χ1) is 11.5. The Kier molecular flexibility index (Phi) is 4.67. The number of hydrogen-bond acceptors (Lipinski definition) is 2. The molecule has 0 spiro atoms. The van der Waals surface area contributed by atoms with Gasteiger partial charge in [0.1, 0.15) is 5.69 Å². The molecule has 24 heavy (non-hydrogen) atoms. The third-order valence-electron chi connectivity index (χ3n) is 4.25. The average Bonchev–Trinajstić information content (AvgIpc) is 2.99. The number of nitrogens with one attached hydrogen (secondary N) is 1. The van der Waals surface area contributed by atoms with Gasteiger partial charge in [-0.25, -0.2) is 0 Å². The fraction of sp³-hybridized carbons (Fsp3) is 0.250. The molecule has 3 nitrogen and oxygen atoms in total. The molecule has 0 aliphatic carbocycles. The highest BCUT2D eigenvalue weighted by Gasteiger charge is 2.15. The first-order valence-electron chi connectivity index (χ1n) is 7.96. The predicted octanol–water partition coefficient (Wildman–Crippen LogP) is 4.78. The Morgan fingerprint density at radius 3 is 2.50 bits per heavy atom. The summed E-state index contributed by atoms with van der Waals surface area (Å²) in [5.41, 5.74) is 5.18. The van der Waals surface area contributed by atoms with Gasteiger partial charge in [-0.2, -0.15) is 0 Å². The van der Waals surface area contributed by atoms with Crippen LogP contribution in [0.15, 0.2) is 47.4 Å². The van der Waals surface area contributed by atoms with Gasteiger partial charge in [-0.05, 0) is 61.1 Å². The lowest BCUT2D eigenvalue weighted by Crippen LogP contribution is -2.26. The minimum absolute atomic E-state index is 0.0113. The van der Waals surface area contributed by atoms with Crippen LogP contribution in [-0.2, 0) is 6.54 Å². The summed E-state index contributed by atoms with van der Waals surface area (Å²) in [6, 6.07) is 14.5. The number of aryl methyl sites for hydroxylation is 2. The van der Waals surface area contributed by atoms with Gasteiger partial charge in [0.25, 0.3) is 5.91 Å². The summed E-state index contributed by atoms with van der Waals surface area (Å²) in [6.07, 6.45) is 2.06. The van der Waals surface area contributed by atoms with Gasteiger partial charge in [-0.3, -0.25) is 4.79 Å². The third kappa shape index (κ3) is 3.34. The Labute approximate surface area is 147 Å². The van der Waals surface area contributed by atoms with Gasteiger partial charge < -0.3 is 9.88 Å². The van der Waals surface area contributed by atoms with Gasteiger partial charge in [0.15, 0.2) is 0 Å². The van der Waals surface area contributed by atoms with E-state index in [1.54, 1.807) is 16.7 Å². The molecule has 0 saturated heterocycles. The maximum absolute atomic E-state index is 12.7. The molecule has 3 rings (SSSR count). The Bertz CT molecular complexity index is 881. The van der Waals surface area contributed by atoms with Crippen LogP contribution in [0.25, 0.3) is 10.9 Å². The van der Waals surface area contributed by atoms with Gasteiger partial charge in [-0.1, -0.05) is 18.2 Å². The van der Waals surface area contributed by atoms with Crippen LogP contribution in [0.5, 0.6) is 0 Å². The molecule has 1 amide bonds. The molecule has 4 heteroatoms. The van der Waals surface area contributed by atoms with Crippen LogP contribution in [-0.4, -0.2) is 29.1 Å². The Morgan fingerprint density at radius 2 is 1.83 bits per heavy atom. The number of carbonyl (C=O) groups excluding carboxylic acids is 1. The zero-order valence-electron chi connectivity index (χ0n) is 14.5. The highest BCUT2D eigenvalue weighted by Crippen LogP contribution is 2.22. The van der Waals surface area contributed by atoms with Crippen molar-refractivity contribution in [2.75, 3.05) is 13.3 Å². The second-order valence-electron chi connectivity index (χ2n) is 6.24. The first-order valence-corrected chi connectivity index (χ1v) is 9.19. The molecule has 0 fully saturated rings. The van der Waals surface area contributed by atoms with E-state index in [0.29, 0.717) is 12.2 Å². The van der Waals surface area contributed by atoms with Crippen molar-refractivity contribution < 1.29 is 4.79 Å². The lowest BCUT2D eigenvalue weighted by Gasteiger charge is -2.16. The van der Waals surface area contributed by atoms with E-state index in [0.717, 1.165) is 16.5 Å². The van der Waals surface area contributed by atoms with E-state index in [4.69, 9.17) is 0 Å². The molecule has 3 aromatic rings. The van der Waals surface area contributed by atoms with Crippen LogP contribution < -0.4 is 0 Å². The molecule has 1 N–H and O–H groups in total. The SMILES string of the molecule is CSc1ccc(CN(C)C(=O)c2cc3c(C)cc(C)cc3[nH]2)cc1. The maximum Gasteiger partial charge on any atom is 0.270 e. The summed E-state index contributed by atoms with van der Waals surface area (Å²) in [6.45, 7) is 4.74. The summed E-state index contributed by atoms with van der Waals surface area (Å²) < 4.78 is 0. The number of fused-ring (bicyclic) bond motifs is 1. The van der Waals surface area contributed by atoms with Crippen molar-refractivity contribution in [3.63, 3.8) is 0 Å². The number of benzene rings is 2. The van der Waals surface area contributed by atoms with Crippen LogP contribution in [0.4, 0.5) is 0 Å². The second-order valence-corrected chi connectivity index (χ2v) is 7.12. The molecule has 0 bridgehead atoms. The number of carbonyl (C=O) groups is 1. The summed E-state index contributed by atoms with van der Waals surface area (Å²) >= 11 is 1.72. The zero-order valence-corrected chi connectivity index (χ0v) is 15.3. The minimum Gasteiger partial charge on any atom is -0.351 e. The Morgan fingerprint density at radius 1 is 1.12 bits per heavy atom. The molecule has 0 radical (unpaired) electrons. The van der Waals surface area contributed by atoms with Crippen LogP contribution in [0.3, 0.4) is 0 Å². The molecular weight excluding hydrogens is 316 g/mol. The molecule has 0 aliphatic heterocycles. The predicted molar refractivity (Wildman–Crippen MR) is 102 cm³/mol. The maximum atomic E-state index is 12.7. The topological polar surface area (TPSA) is 36.1 Å². The van der Waals surface area contributed by atoms with Crippen molar-refractivity contribution in [2.24, 2.45) is 0 Å². The summed E-state index contributed by atoms with van der Waals surface area (Å²) in [5.74, 6) is 0.0113. The third-order valence-corrected chi connectivity index (χ3v) is 4.99. The van der Waals surface area contributed by atoms with E-state index in [2.05, 4.69) is 61.5 Å². The number of aromatic amines is 1. The van der Waals surface area contributed by atoms with Crippen molar-refractivity contribution in [3.05, 3.63) is 64.8 Å². The molecule has 0 unspecified atom stereocenters. The first kappa shape index (κ1) is 16.7. The van der Waals surface area contributed by atoms with E-state index < -0.39 is 0 Å². The van der Waals surface area contributed by atoms with Crippen molar-refractivity contribution in [2.45, 2.75) is 25.3 Å². The fourth-order valence-corrected chi connectivity index (χ4v) is 3.40. The van der Waals surface area contributed by atoms with Crippen LogP contribution in [0, 0.1) is 13.8 Å². The molecule has 0 saturated carbocycles. The summed E-state index contributed by atoms with van der Waals surface area (Å²) in [4.78, 5) is 19.0. The zero-order chi connectivity index (χ0) is 17.3. The standard InChI is InChI=1S/C20H22N2OS/c1-13-9-14(2)17-11-19(21-18(17)10-13)20(23)22(3)12-15-5-7-16(24-4)8-6-15/h5-11,21H,12H2,1-4H3. The summed E-state index contributed by atoms with van der Waals surface area (Å²) in [5, 5.41) is 1.11. The van der Waals surface area contributed by atoms with Crippen molar-refractivity contribution >= 4 is 28.6 Å². The lowest BCUT2D eigenvalue weighted by molar-refractivity contribution is 0.0780. The van der Waals surface area contributed by atoms with Gasteiger partial charge in [0, 0.05) is 29.4 Å². The van der Waals surface area contributed by atoms with E-state index in [1.165, 1.54) is 16.0 Å². The monoisotopic (exact) mass is 338 g/mol. The number of nitrogens with zero attached hydrogens (tertiary/aromatic N) is 1. The van der Waals surface area contributed by atoms with Crippen LogP contribution in [0.1, 0.15) is 27.2 Å². The van der Waals surface area contributed by atoms with E-state index in [-0.39, 0.29) is 5.91 Å². The normalized spacial score (nSPS) is 11.0. The number of thioether (sulfide) groups is 1. The molecular formula is C20H22N2OS. The second kappa shape index (κ2) is 6.73. The van der Waals surface area contributed by atoms with Gasteiger partial charge in [-0.15, -0.1) is 11.8 Å². The molecule has 2 aromatic carbocycles. The lowest BCUT2D eigenvalue weighted by atomic mass is 10.1. The number of amides is 1. The van der Waals surface area contributed by atoms with Gasteiger partial charge >= 0.3 is 0 Å². The van der Waals surface area contributed by atoms with E-state index in [1.807, 2.05) is 13.1 Å². The van der Waals surface area contributed by atoms with E-state index in [9.17, 15) is 4.79 Å². The van der Waals surface area contributed by atoms with E-state index >= 15 is 0 Å². The largest absolute Gasteiger partial charge is 0.351 e. The van der Waals surface area contributed by atoms with Gasteiger partial charge in [0.05, 0.1) is 0 Å². The van der Waals surface area contributed by atoms with Crippen molar-refractivity contribution in [1.82, 2.24) is 9.88 Å². The van der Waals surface area contributed by atoms with Crippen LogP contribution >= 0.6 is 11.8 Å². The number of rotatable bonds is 4. The highest BCUT2D eigenvalue weighted by molar-refractivity contribution is 7.98. The average molecular weight is 338 g/mol. The molecule has 124 valence electrons. The van der Waals surface area contributed by atoms with Gasteiger partial charge in [0.2, 0.25) is 0 Å². The summed E-state index contributed by atoms with van der Waals surface area (Å²) in [7, 11) is 1.84. The number of H-pyrrole nitrogens is 1. The minimum atomic E-state index is 0.0113. The van der Waals surface area contributed by atoms with Crippen molar-refractivity contribution in [1.29, 1.82) is 0 Å². The number of aromatic nitrogens is 1. The number of hydrogen-bond donors (Lipinski definition) is 1.